The zero-order valence-corrected chi connectivity index (χ0v) is 12.9. The van der Waals surface area contributed by atoms with E-state index in [0.717, 1.165) is 0 Å². The summed E-state index contributed by atoms with van der Waals surface area (Å²) < 4.78 is 28.7. The smallest absolute Gasteiger partial charge is 0.262 e. The summed E-state index contributed by atoms with van der Waals surface area (Å²) in [5, 5.41) is 11.0. The van der Waals surface area contributed by atoms with Gasteiger partial charge in [0.2, 0.25) is 5.03 Å². The molecule has 0 atom stereocenters. The molecule has 0 bridgehead atoms. The van der Waals surface area contributed by atoms with E-state index >= 15 is 0 Å². The zero-order valence-electron chi connectivity index (χ0n) is 11.3. The predicted octanol–water partition coefficient (Wildman–Crippen LogP) is 0.0744. The maximum absolute atomic E-state index is 12.8. The van der Waals surface area contributed by atoms with Crippen molar-refractivity contribution in [2.24, 2.45) is 11.8 Å². The summed E-state index contributed by atoms with van der Waals surface area (Å²) in [5.41, 5.74) is 2.37. The highest BCUT2D eigenvalue weighted by Crippen LogP contribution is 2.30. The van der Waals surface area contributed by atoms with E-state index in [1.54, 1.807) is 11.6 Å². The van der Waals surface area contributed by atoms with Crippen LogP contribution in [0.2, 0.25) is 0 Å². The second kappa shape index (κ2) is 5.54. The quantitative estimate of drug-likeness (QED) is 0.540. The molecule has 2 aromatic heterocycles. The number of piperidine rings is 1. The second-order valence-electron chi connectivity index (χ2n) is 5.00. The molecule has 116 valence electrons. The third-order valence-corrected chi connectivity index (χ3v) is 6.45. The Morgan fingerprint density at radius 3 is 2.81 bits per heavy atom. The lowest BCUT2D eigenvalue weighted by molar-refractivity contribution is 0.170. The number of thiazole rings is 1. The van der Waals surface area contributed by atoms with E-state index in [1.165, 1.54) is 20.0 Å². The van der Waals surface area contributed by atoms with Crippen molar-refractivity contribution in [1.29, 1.82) is 0 Å². The highest BCUT2D eigenvalue weighted by atomic mass is 32.2. The SMILES string of the molecule is NNc1nc2sccn2c1S(=O)(=O)N1CCC(CO)CC1. The summed E-state index contributed by atoms with van der Waals surface area (Å²) in [5.74, 6) is 5.74. The number of rotatable bonds is 4. The molecule has 0 amide bonds. The number of nitrogens with zero attached hydrogens (tertiary/aromatic N) is 3. The number of anilines is 1. The van der Waals surface area contributed by atoms with Crippen molar-refractivity contribution in [3.63, 3.8) is 0 Å². The number of aliphatic hydroxyl groups excluding tert-OH is 1. The first-order valence-electron chi connectivity index (χ1n) is 6.61. The Morgan fingerprint density at radius 2 is 2.19 bits per heavy atom. The standard InChI is InChI=1S/C11H17N5O3S2/c12-14-9-10(16-5-6-20-11(16)13-9)21(18,19)15-3-1-8(7-17)2-4-15/h5-6,8,14,17H,1-4,7,12H2. The van der Waals surface area contributed by atoms with Gasteiger partial charge in [0, 0.05) is 31.3 Å². The summed E-state index contributed by atoms with van der Waals surface area (Å²) in [6.07, 6.45) is 2.99. The van der Waals surface area contributed by atoms with Crippen molar-refractivity contribution >= 4 is 32.1 Å². The van der Waals surface area contributed by atoms with Crippen LogP contribution in [-0.4, -0.2) is 46.9 Å². The van der Waals surface area contributed by atoms with Gasteiger partial charge >= 0.3 is 0 Å². The Morgan fingerprint density at radius 1 is 1.48 bits per heavy atom. The first kappa shape index (κ1) is 14.7. The van der Waals surface area contributed by atoms with Gasteiger partial charge in [0.15, 0.2) is 10.8 Å². The number of hydrazine groups is 1. The molecular weight excluding hydrogens is 314 g/mol. The maximum Gasteiger partial charge on any atom is 0.262 e. The molecule has 4 N–H and O–H groups in total. The number of hydrogen-bond donors (Lipinski definition) is 3. The van der Waals surface area contributed by atoms with Crippen LogP contribution in [0.15, 0.2) is 16.6 Å². The molecule has 1 fully saturated rings. The highest BCUT2D eigenvalue weighted by molar-refractivity contribution is 7.89. The molecule has 0 aromatic carbocycles. The van der Waals surface area contributed by atoms with Crippen LogP contribution in [0.4, 0.5) is 5.82 Å². The molecule has 1 saturated heterocycles. The number of aromatic nitrogens is 2. The topological polar surface area (TPSA) is 113 Å². The Kier molecular flexibility index (Phi) is 3.88. The van der Waals surface area contributed by atoms with Gasteiger partial charge in [0.1, 0.15) is 0 Å². The molecule has 0 spiro atoms. The third kappa shape index (κ3) is 2.42. The summed E-state index contributed by atoms with van der Waals surface area (Å²) in [6.45, 7) is 0.898. The summed E-state index contributed by atoms with van der Waals surface area (Å²) >= 11 is 1.34. The minimum atomic E-state index is -3.67. The van der Waals surface area contributed by atoms with Crippen molar-refractivity contribution in [3.05, 3.63) is 11.6 Å². The van der Waals surface area contributed by atoms with Gasteiger partial charge in [-0.15, -0.1) is 11.3 Å². The Balaban J connectivity index is 1.98. The van der Waals surface area contributed by atoms with Crippen molar-refractivity contribution < 1.29 is 13.5 Å². The Bertz CT molecular complexity index is 730. The third-order valence-electron chi connectivity index (χ3n) is 3.77. The zero-order chi connectivity index (χ0) is 15.0. The fourth-order valence-electron chi connectivity index (χ4n) is 2.56. The largest absolute Gasteiger partial charge is 0.396 e. The van der Waals surface area contributed by atoms with Gasteiger partial charge in [0.05, 0.1) is 0 Å². The molecule has 0 radical (unpaired) electrons. The fourth-order valence-corrected chi connectivity index (χ4v) is 5.01. The number of nitrogens with two attached hydrogens (primary N) is 1. The first-order valence-corrected chi connectivity index (χ1v) is 8.93. The monoisotopic (exact) mass is 331 g/mol. The van der Waals surface area contributed by atoms with E-state index in [2.05, 4.69) is 10.4 Å². The van der Waals surface area contributed by atoms with Gasteiger partial charge in [-0.2, -0.15) is 9.29 Å². The molecule has 1 aliphatic heterocycles. The Labute approximate surface area is 126 Å². The van der Waals surface area contributed by atoms with Crippen LogP contribution in [0.5, 0.6) is 0 Å². The molecule has 0 saturated carbocycles. The fraction of sp³-hybridized carbons (Fsp3) is 0.545. The van der Waals surface area contributed by atoms with E-state index in [1.807, 2.05) is 0 Å². The lowest BCUT2D eigenvalue weighted by Crippen LogP contribution is -2.39. The van der Waals surface area contributed by atoms with Crippen LogP contribution in [0.1, 0.15) is 12.8 Å². The number of imidazole rings is 1. The molecule has 0 aliphatic carbocycles. The van der Waals surface area contributed by atoms with Crippen LogP contribution in [0, 0.1) is 5.92 Å². The van der Waals surface area contributed by atoms with Gasteiger partial charge in [-0.1, -0.05) is 0 Å². The first-order chi connectivity index (χ1) is 10.1. The predicted molar refractivity (Wildman–Crippen MR) is 79.4 cm³/mol. The van der Waals surface area contributed by atoms with E-state index < -0.39 is 10.0 Å². The normalized spacial score (nSPS) is 18.4. The second-order valence-corrected chi connectivity index (χ2v) is 7.72. The van der Waals surface area contributed by atoms with Crippen molar-refractivity contribution in [1.82, 2.24) is 13.7 Å². The van der Waals surface area contributed by atoms with E-state index in [4.69, 9.17) is 10.9 Å². The van der Waals surface area contributed by atoms with Gasteiger partial charge in [-0.3, -0.25) is 4.40 Å². The van der Waals surface area contributed by atoms with E-state index in [0.29, 0.717) is 30.9 Å². The average Bonchev–Trinajstić information content (AvgIpc) is 3.06. The summed E-state index contributed by atoms with van der Waals surface area (Å²) in [6, 6.07) is 0. The number of sulfonamides is 1. The van der Waals surface area contributed by atoms with Crippen LogP contribution in [0.25, 0.3) is 4.96 Å². The number of nitrogen functional groups attached to an aromatic ring is 1. The molecule has 21 heavy (non-hydrogen) atoms. The van der Waals surface area contributed by atoms with Gasteiger partial charge in [-0.25, -0.2) is 14.3 Å². The summed E-state index contributed by atoms with van der Waals surface area (Å²) in [4.78, 5) is 4.76. The van der Waals surface area contributed by atoms with Crippen molar-refractivity contribution in [3.8, 4) is 0 Å². The van der Waals surface area contributed by atoms with Crippen LogP contribution < -0.4 is 11.3 Å². The summed E-state index contributed by atoms with van der Waals surface area (Å²) in [7, 11) is -3.67. The van der Waals surface area contributed by atoms with Crippen molar-refractivity contribution in [2.45, 2.75) is 17.9 Å². The number of hydrogen-bond acceptors (Lipinski definition) is 7. The van der Waals surface area contributed by atoms with Gasteiger partial charge < -0.3 is 10.5 Å². The van der Waals surface area contributed by atoms with Crippen molar-refractivity contribution in [2.75, 3.05) is 25.1 Å². The molecule has 2 aromatic rings. The van der Waals surface area contributed by atoms with Crippen LogP contribution in [-0.2, 0) is 10.0 Å². The number of nitrogens with one attached hydrogen (secondary N) is 1. The Hall–Kier alpha value is -1.20. The highest BCUT2D eigenvalue weighted by Gasteiger charge is 2.34. The number of aliphatic hydroxyl groups is 1. The lowest BCUT2D eigenvalue weighted by Gasteiger charge is -2.30. The molecule has 10 heteroatoms. The van der Waals surface area contributed by atoms with Crippen LogP contribution >= 0.6 is 11.3 Å². The molecular formula is C11H17N5O3S2. The van der Waals surface area contributed by atoms with E-state index in [-0.39, 0.29) is 23.4 Å². The minimum Gasteiger partial charge on any atom is -0.396 e. The van der Waals surface area contributed by atoms with Crippen LogP contribution in [0.3, 0.4) is 0 Å². The molecule has 3 rings (SSSR count). The molecule has 0 unspecified atom stereocenters. The van der Waals surface area contributed by atoms with E-state index in [9.17, 15) is 8.42 Å². The van der Waals surface area contributed by atoms with Gasteiger partial charge in [0.25, 0.3) is 10.0 Å². The molecule has 1 aliphatic rings. The minimum absolute atomic E-state index is 0.0729. The molecule has 3 heterocycles. The number of fused-ring (bicyclic) bond motifs is 1. The van der Waals surface area contributed by atoms with Gasteiger partial charge in [-0.05, 0) is 18.8 Å². The lowest BCUT2D eigenvalue weighted by atomic mass is 10.00. The molecule has 8 nitrogen and oxygen atoms in total. The average molecular weight is 331 g/mol. The maximum atomic E-state index is 12.8.